The minimum Gasteiger partial charge on any atom is -0.393 e. The lowest BCUT2D eigenvalue weighted by atomic mass is 9.89. The Kier molecular flexibility index (Phi) is 7.59. The van der Waals surface area contributed by atoms with E-state index in [4.69, 9.17) is 0 Å². The monoisotopic (exact) mass is 390 g/mol. The van der Waals surface area contributed by atoms with Crippen molar-refractivity contribution in [2.24, 2.45) is 5.92 Å². The average molecular weight is 391 g/mol. The van der Waals surface area contributed by atoms with Crippen LogP contribution in [0.2, 0.25) is 0 Å². The summed E-state index contributed by atoms with van der Waals surface area (Å²) in [6.45, 7) is 1.94. The number of piperidine rings is 1. The van der Waals surface area contributed by atoms with Crippen LogP contribution in [-0.4, -0.2) is 53.3 Å². The third-order valence-electron chi connectivity index (χ3n) is 5.54. The maximum absolute atomic E-state index is 12.8. The zero-order valence-corrected chi connectivity index (χ0v) is 16.7. The van der Waals surface area contributed by atoms with Gasteiger partial charge < -0.3 is 15.3 Å². The summed E-state index contributed by atoms with van der Waals surface area (Å²) in [7, 11) is 0. The van der Waals surface area contributed by atoms with Gasteiger partial charge in [-0.1, -0.05) is 31.4 Å². The molecule has 1 aliphatic carbocycles. The van der Waals surface area contributed by atoms with E-state index in [1.807, 2.05) is 24.3 Å². The highest BCUT2D eigenvalue weighted by molar-refractivity contribution is 8.00. The molecular weight excluding hydrogens is 360 g/mol. The van der Waals surface area contributed by atoms with Gasteiger partial charge in [0.1, 0.15) is 0 Å². The number of likely N-dealkylation sites (tertiary alicyclic amines) is 1. The van der Waals surface area contributed by atoms with Crippen molar-refractivity contribution in [3.63, 3.8) is 0 Å². The Morgan fingerprint density at radius 3 is 2.52 bits per heavy atom. The van der Waals surface area contributed by atoms with Crippen LogP contribution >= 0.6 is 11.8 Å². The molecule has 1 saturated heterocycles. The van der Waals surface area contributed by atoms with E-state index in [1.54, 1.807) is 4.90 Å². The molecule has 1 aliphatic heterocycles. The van der Waals surface area contributed by atoms with Gasteiger partial charge in [-0.05, 0) is 43.7 Å². The molecular formula is C21H30N2O3S. The number of benzene rings is 1. The summed E-state index contributed by atoms with van der Waals surface area (Å²) in [5.74, 6) is 0.980. The van der Waals surface area contributed by atoms with Gasteiger partial charge in [-0.25, -0.2) is 0 Å². The van der Waals surface area contributed by atoms with Crippen LogP contribution in [0.4, 0.5) is 0 Å². The number of nitrogens with one attached hydrogen (secondary N) is 1. The topological polar surface area (TPSA) is 69.6 Å². The van der Waals surface area contributed by atoms with Crippen molar-refractivity contribution in [3.05, 3.63) is 29.8 Å². The Hall–Kier alpha value is -1.53. The van der Waals surface area contributed by atoms with Gasteiger partial charge in [0.05, 0.1) is 17.4 Å². The first-order chi connectivity index (χ1) is 13.1. The second-order valence-corrected chi connectivity index (χ2v) is 8.63. The molecule has 1 saturated carbocycles. The van der Waals surface area contributed by atoms with Gasteiger partial charge in [-0.3, -0.25) is 9.59 Å². The molecule has 1 aromatic carbocycles. The molecule has 6 heteroatoms. The first-order valence-corrected chi connectivity index (χ1v) is 11.1. The van der Waals surface area contributed by atoms with Crippen LogP contribution in [-0.2, 0) is 4.79 Å². The number of nitrogens with zero attached hydrogens (tertiary/aromatic N) is 1. The number of aliphatic hydroxyl groups excluding tert-OH is 1. The fraction of sp³-hybridized carbons (Fsp3) is 0.619. The van der Waals surface area contributed by atoms with Crippen molar-refractivity contribution < 1.29 is 14.7 Å². The second-order valence-electron chi connectivity index (χ2n) is 7.62. The smallest absolute Gasteiger partial charge is 0.254 e. The molecule has 5 nitrogen and oxygen atoms in total. The molecule has 2 N–H and O–H groups in total. The first-order valence-electron chi connectivity index (χ1n) is 10.1. The van der Waals surface area contributed by atoms with E-state index in [-0.39, 0.29) is 17.9 Å². The molecule has 27 heavy (non-hydrogen) atoms. The highest BCUT2D eigenvalue weighted by Gasteiger charge is 2.24. The van der Waals surface area contributed by atoms with E-state index in [2.05, 4.69) is 5.32 Å². The SMILES string of the molecule is O=C(CSc1ccccc1C(=O)N1CCC(O)CC1)NCC1CCCCC1. The van der Waals surface area contributed by atoms with Crippen LogP contribution in [0.15, 0.2) is 29.2 Å². The Labute approximate surface area is 165 Å². The third kappa shape index (κ3) is 5.98. The molecule has 2 fully saturated rings. The number of aliphatic hydroxyl groups is 1. The fourth-order valence-corrected chi connectivity index (χ4v) is 4.73. The summed E-state index contributed by atoms with van der Waals surface area (Å²) >= 11 is 1.43. The van der Waals surface area contributed by atoms with Gasteiger partial charge in [-0.15, -0.1) is 11.8 Å². The van der Waals surface area contributed by atoms with Crippen LogP contribution in [0.5, 0.6) is 0 Å². The minimum atomic E-state index is -0.300. The number of rotatable bonds is 6. The molecule has 1 heterocycles. The molecule has 0 atom stereocenters. The van der Waals surface area contributed by atoms with Crippen molar-refractivity contribution in [1.82, 2.24) is 10.2 Å². The zero-order valence-electron chi connectivity index (χ0n) is 15.9. The quantitative estimate of drug-likeness (QED) is 0.733. The second kappa shape index (κ2) is 10.1. The molecule has 148 valence electrons. The molecule has 3 rings (SSSR count). The van der Waals surface area contributed by atoms with Crippen LogP contribution in [0.1, 0.15) is 55.3 Å². The largest absolute Gasteiger partial charge is 0.393 e. The maximum atomic E-state index is 12.8. The highest BCUT2D eigenvalue weighted by Crippen LogP contribution is 2.26. The molecule has 2 aliphatic rings. The van der Waals surface area contributed by atoms with E-state index < -0.39 is 0 Å². The Balaban J connectivity index is 1.51. The van der Waals surface area contributed by atoms with Crippen LogP contribution < -0.4 is 5.32 Å². The summed E-state index contributed by atoms with van der Waals surface area (Å²) in [4.78, 5) is 27.7. The van der Waals surface area contributed by atoms with Gasteiger partial charge >= 0.3 is 0 Å². The lowest BCUT2D eigenvalue weighted by Crippen LogP contribution is -2.40. The van der Waals surface area contributed by atoms with Gasteiger partial charge in [-0.2, -0.15) is 0 Å². The summed E-state index contributed by atoms with van der Waals surface area (Å²) in [6, 6.07) is 7.50. The average Bonchev–Trinajstić information content (AvgIpc) is 2.72. The highest BCUT2D eigenvalue weighted by atomic mass is 32.2. The van der Waals surface area contributed by atoms with Gasteiger partial charge in [0.2, 0.25) is 5.91 Å². The number of carbonyl (C=O) groups is 2. The van der Waals surface area contributed by atoms with Gasteiger partial charge in [0, 0.05) is 24.5 Å². The van der Waals surface area contributed by atoms with Crippen molar-refractivity contribution in [1.29, 1.82) is 0 Å². The van der Waals surface area contributed by atoms with E-state index in [0.717, 1.165) is 11.4 Å². The Morgan fingerprint density at radius 1 is 1.07 bits per heavy atom. The molecule has 0 spiro atoms. The number of thioether (sulfide) groups is 1. The number of hydrogen-bond donors (Lipinski definition) is 2. The molecule has 0 aromatic heterocycles. The lowest BCUT2D eigenvalue weighted by Gasteiger charge is -2.30. The lowest BCUT2D eigenvalue weighted by molar-refractivity contribution is -0.118. The van der Waals surface area contributed by atoms with Crippen molar-refractivity contribution in [2.75, 3.05) is 25.4 Å². The third-order valence-corrected chi connectivity index (χ3v) is 6.61. The first kappa shape index (κ1) is 20.2. The van der Waals surface area contributed by atoms with Gasteiger partial charge in [0.25, 0.3) is 5.91 Å². The molecule has 0 bridgehead atoms. The Bertz CT molecular complexity index is 638. The van der Waals surface area contributed by atoms with E-state index in [0.29, 0.717) is 43.2 Å². The summed E-state index contributed by atoms with van der Waals surface area (Å²) in [6.07, 6.45) is 7.27. The van der Waals surface area contributed by atoms with Crippen LogP contribution in [0.3, 0.4) is 0 Å². The number of carbonyl (C=O) groups excluding carboxylic acids is 2. The standard InChI is InChI=1S/C21H30N2O3S/c24-17-10-12-23(13-11-17)21(26)18-8-4-5-9-19(18)27-15-20(25)22-14-16-6-2-1-3-7-16/h4-5,8-9,16-17,24H,1-3,6-7,10-15H2,(H,22,25). The normalized spacial score (nSPS) is 19.1. The zero-order chi connectivity index (χ0) is 19.1. The number of amides is 2. The van der Waals surface area contributed by atoms with Crippen molar-refractivity contribution in [3.8, 4) is 0 Å². The van der Waals surface area contributed by atoms with E-state index in [9.17, 15) is 14.7 Å². The fourth-order valence-electron chi connectivity index (χ4n) is 3.85. The predicted octanol–water partition coefficient (Wildman–Crippen LogP) is 3.07. The van der Waals surface area contributed by atoms with E-state index in [1.165, 1.54) is 43.9 Å². The molecule has 0 unspecified atom stereocenters. The molecule has 2 amide bonds. The maximum Gasteiger partial charge on any atom is 0.254 e. The summed E-state index contributed by atoms with van der Waals surface area (Å²) in [5.41, 5.74) is 0.652. The van der Waals surface area contributed by atoms with Crippen LogP contribution in [0, 0.1) is 5.92 Å². The van der Waals surface area contributed by atoms with Crippen molar-refractivity contribution in [2.45, 2.75) is 55.9 Å². The predicted molar refractivity (Wildman–Crippen MR) is 108 cm³/mol. The minimum absolute atomic E-state index is 0.00684. The van der Waals surface area contributed by atoms with E-state index >= 15 is 0 Å². The molecule has 0 radical (unpaired) electrons. The van der Waals surface area contributed by atoms with Crippen molar-refractivity contribution >= 4 is 23.6 Å². The molecule has 1 aromatic rings. The summed E-state index contributed by atoms with van der Waals surface area (Å²) in [5, 5.41) is 12.7. The van der Waals surface area contributed by atoms with Crippen LogP contribution in [0.25, 0.3) is 0 Å². The summed E-state index contributed by atoms with van der Waals surface area (Å²) < 4.78 is 0. The number of hydrogen-bond acceptors (Lipinski definition) is 4. The van der Waals surface area contributed by atoms with Gasteiger partial charge in [0.15, 0.2) is 0 Å². The Morgan fingerprint density at radius 2 is 1.78 bits per heavy atom.